The van der Waals surface area contributed by atoms with E-state index < -0.39 is 0 Å². The molecule has 0 radical (unpaired) electrons. The lowest BCUT2D eigenvalue weighted by atomic mass is 10.3. The third kappa shape index (κ3) is 4.28. The summed E-state index contributed by atoms with van der Waals surface area (Å²) in [6.07, 6.45) is 2.71. The molecular weight excluding hydrogens is 226 g/mol. The van der Waals surface area contributed by atoms with Gasteiger partial charge in [-0.2, -0.15) is 0 Å². The Labute approximate surface area is 104 Å². The van der Waals surface area contributed by atoms with E-state index in [0.717, 1.165) is 38.6 Å². The number of carbonyl (C=O) groups excluding carboxylic acids is 1. The molecule has 1 saturated carbocycles. The predicted molar refractivity (Wildman–Crippen MR) is 66.9 cm³/mol. The van der Waals surface area contributed by atoms with Gasteiger partial charge in [-0.3, -0.25) is 9.69 Å². The average Bonchev–Trinajstić information content (AvgIpc) is 3.03. The second kappa shape index (κ2) is 6.42. The number of nitrogens with one attached hydrogen (secondary N) is 1. The molecule has 1 heterocycles. The molecule has 2 rings (SSSR count). The lowest BCUT2D eigenvalue weighted by Gasteiger charge is -2.29. The van der Waals surface area contributed by atoms with Crippen LogP contribution in [0.15, 0.2) is 0 Å². The summed E-state index contributed by atoms with van der Waals surface area (Å²) in [5, 5.41) is 3.26. The Balaban J connectivity index is 0.00000128. The molecule has 1 saturated heterocycles. The lowest BCUT2D eigenvalue weighted by Crippen LogP contribution is -2.49. The smallest absolute Gasteiger partial charge is 0.236 e. The van der Waals surface area contributed by atoms with Crippen molar-refractivity contribution in [2.24, 2.45) is 5.92 Å². The fourth-order valence-corrected chi connectivity index (χ4v) is 2.05. The monoisotopic (exact) mass is 247 g/mol. The third-order valence-electron chi connectivity index (χ3n) is 3.14. The molecule has 0 bridgehead atoms. The highest BCUT2D eigenvalue weighted by Crippen LogP contribution is 2.29. The van der Waals surface area contributed by atoms with Crippen LogP contribution in [0.4, 0.5) is 0 Å². The number of hydrogen-bond donors (Lipinski definition) is 1. The van der Waals surface area contributed by atoms with Crippen molar-refractivity contribution < 1.29 is 4.79 Å². The molecule has 1 amide bonds. The normalized spacial score (nSPS) is 20.8. The van der Waals surface area contributed by atoms with Gasteiger partial charge in [0.1, 0.15) is 0 Å². The zero-order valence-electron chi connectivity index (χ0n) is 9.95. The van der Waals surface area contributed by atoms with Crippen molar-refractivity contribution in [1.29, 1.82) is 0 Å². The van der Waals surface area contributed by atoms with Crippen molar-refractivity contribution in [2.75, 3.05) is 46.3 Å². The first-order valence-corrected chi connectivity index (χ1v) is 5.93. The van der Waals surface area contributed by atoms with Gasteiger partial charge in [0, 0.05) is 32.7 Å². The Morgan fingerprint density at radius 2 is 2.00 bits per heavy atom. The fraction of sp³-hybridized carbons (Fsp3) is 0.909. The molecule has 5 heteroatoms. The van der Waals surface area contributed by atoms with Crippen molar-refractivity contribution in [1.82, 2.24) is 15.1 Å². The second-order valence-electron chi connectivity index (χ2n) is 4.77. The Kier molecular flexibility index (Phi) is 5.52. The number of amides is 1. The van der Waals surface area contributed by atoms with Gasteiger partial charge in [0.05, 0.1) is 6.54 Å². The van der Waals surface area contributed by atoms with Gasteiger partial charge in [-0.1, -0.05) is 0 Å². The average molecular weight is 248 g/mol. The summed E-state index contributed by atoms with van der Waals surface area (Å²) in [6.45, 7) is 5.32. The summed E-state index contributed by atoms with van der Waals surface area (Å²) >= 11 is 0. The van der Waals surface area contributed by atoms with Crippen LogP contribution in [0.25, 0.3) is 0 Å². The number of likely N-dealkylation sites (N-methyl/N-ethyl adjacent to an activating group) is 1. The number of hydrogen-bond acceptors (Lipinski definition) is 3. The molecule has 1 aliphatic carbocycles. The number of rotatable bonds is 4. The van der Waals surface area contributed by atoms with E-state index in [-0.39, 0.29) is 12.4 Å². The highest BCUT2D eigenvalue weighted by atomic mass is 35.5. The summed E-state index contributed by atoms with van der Waals surface area (Å²) in [7, 11) is 2.05. The SMILES string of the molecule is CN(CC(=O)N1CCNCC1)CC1CC1.Cl. The van der Waals surface area contributed by atoms with Gasteiger partial charge >= 0.3 is 0 Å². The van der Waals surface area contributed by atoms with Gasteiger partial charge in [-0.15, -0.1) is 12.4 Å². The van der Waals surface area contributed by atoms with Crippen LogP contribution in [0.5, 0.6) is 0 Å². The van der Waals surface area contributed by atoms with Crippen LogP contribution in [0, 0.1) is 5.92 Å². The number of piperazine rings is 1. The van der Waals surface area contributed by atoms with Gasteiger partial charge in [0.2, 0.25) is 5.91 Å². The molecular formula is C11H22ClN3O. The summed E-state index contributed by atoms with van der Waals surface area (Å²) in [5.74, 6) is 1.16. The molecule has 2 aliphatic rings. The fourth-order valence-electron chi connectivity index (χ4n) is 2.05. The molecule has 0 unspecified atom stereocenters. The first-order valence-electron chi connectivity index (χ1n) is 5.93. The topological polar surface area (TPSA) is 35.6 Å². The lowest BCUT2D eigenvalue weighted by molar-refractivity contribution is -0.132. The van der Waals surface area contributed by atoms with Crippen molar-refractivity contribution >= 4 is 18.3 Å². The van der Waals surface area contributed by atoms with Crippen LogP contribution in [0.1, 0.15) is 12.8 Å². The van der Waals surface area contributed by atoms with Gasteiger partial charge < -0.3 is 10.2 Å². The van der Waals surface area contributed by atoms with Crippen molar-refractivity contribution in [2.45, 2.75) is 12.8 Å². The number of halogens is 1. The number of carbonyl (C=O) groups is 1. The molecule has 1 aliphatic heterocycles. The Morgan fingerprint density at radius 3 is 2.56 bits per heavy atom. The summed E-state index contributed by atoms with van der Waals surface area (Å²) < 4.78 is 0. The van der Waals surface area contributed by atoms with E-state index in [4.69, 9.17) is 0 Å². The Morgan fingerprint density at radius 1 is 1.38 bits per heavy atom. The highest BCUT2D eigenvalue weighted by molar-refractivity contribution is 5.85. The van der Waals surface area contributed by atoms with E-state index in [1.165, 1.54) is 12.8 Å². The molecule has 4 nitrogen and oxygen atoms in total. The van der Waals surface area contributed by atoms with E-state index in [9.17, 15) is 4.79 Å². The van der Waals surface area contributed by atoms with Gasteiger partial charge in [0.25, 0.3) is 0 Å². The van der Waals surface area contributed by atoms with Crippen molar-refractivity contribution in [3.63, 3.8) is 0 Å². The first-order chi connectivity index (χ1) is 7.25. The van der Waals surface area contributed by atoms with Gasteiger partial charge in [-0.05, 0) is 25.8 Å². The van der Waals surface area contributed by atoms with E-state index in [1.807, 2.05) is 4.90 Å². The molecule has 94 valence electrons. The third-order valence-corrected chi connectivity index (χ3v) is 3.14. The number of nitrogens with zero attached hydrogens (tertiary/aromatic N) is 2. The minimum atomic E-state index is 0. The van der Waals surface area contributed by atoms with E-state index in [1.54, 1.807) is 0 Å². The quantitative estimate of drug-likeness (QED) is 0.770. The summed E-state index contributed by atoms with van der Waals surface area (Å²) in [5.41, 5.74) is 0. The van der Waals surface area contributed by atoms with E-state index in [0.29, 0.717) is 12.5 Å². The maximum atomic E-state index is 11.9. The van der Waals surface area contributed by atoms with Crippen molar-refractivity contribution in [3.8, 4) is 0 Å². The zero-order chi connectivity index (χ0) is 10.7. The van der Waals surface area contributed by atoms with Crippen LogP contribution in [0.2, 0.25) is 0 Å². The minimum absolute atomic E-state index is 0. The predicted octanol–water partition coefficient (Wildman–Crippen LogP) is 0.182. The Hall–Kier alpha value is -0.320. The molecule has 0 atom stereocenters. The molecule has 1 N–H and O–H groups in total. The largest absolute Gasteiger partial charge is 0.339 e. The maximum absolute atomic E-state index is 11.9. The van der Waals surface area contributed by atoms with E-state index >= 15 is 0 Å². The Bertz CT molecular complexity index is 227. The molecule has 16 heavy (non-hydrogen) atoms. The minimum Gasteiger partial charge on any atom is -0.339 e. The molecule has 0 spiro atoms. The van der Waals surface area contributed by atoms with Crippen LogP contribution >= 0.6 is 12.4 Å². The highest BCUT2D eigenvalue weighted by Gasteiger charge is 2.24. The van der Waals surface area contributed by atoms with Crippen LogP contribution in [-0.4, -0.2) is 62.0 Å². The maximum Gasteiger partial charge on any atom is 0.236 e. The zero-order valence-corrected chi connectivity index (χ0v) is 10.8. The second-order valence-corrected chi connectivity index (χ2v) is 4.77. The van der Waals surface area contributed by atoms with Crippen LogP contribution < -0.4 is 5.32 Å². The van der Waals surface area contributed by atoms with Crippen LogP contribution in [-0.2, 0) is 4.79 Å². The standard InChI is InChI=1S/C11H21N3O.ClH/c1-13(8-10-2-3-10)9-11(15)14-6-4-12-5-7-14;/h10,12H,2-9H2,1H3;1H. The molecule has 0 aromatic rings. The van der Waals surface area contributed by atoms with Gasteiger partial charge in [0.15, 0.2) is 0 Å². The summed E-state index contributed by atoms with van der Waals surface area (Å²) in [6, 6.07) is 0. The van der Waals surface area contributed by atoms with Crippen LogP contribution in [0.3, 0.4) is 0 Å². The summed E-state index contributed by atoms with van der Waals surface area (Å²) in [4.78, 5) is 16.0. The van der Waals surface area contributed by atoms with Crippen molar-refractivity contribution in [3.05, 3.63) is 0 Å². The molecule has 2 fully saturated rings. The molecule has 0 aromatic carbocycles. The van der Waals surface area contributed by atoms with Gasteiger partial charge in [-0.25, -0.2) is 0 Å². The van der Waals surface area contributed by atoms with E-state index in [2.05, 4.69) is 17.3 Å². The first kappa shape index (κ1) is 13.7. The molecule has 0 aromatic heterocycles.